The van der Waals surface area contributed by atoms with Crippen molar-refractivity contribution in [1.29, 1.82) is 0 Å². The number of halogens is 1. The van der Waals surface area contributed by atoms with Crippen LogP contribution in [0, 0.1) is 5.82 Å². The molecule has 0 unspecified atom stereocenters. The minimum Gasteiger partial charge on any atom is -0.447 e. The van der Waals surface area contributed by atoms with Crippen molar-refractivity contribution in [3.63, 3.8) is 0 Å². The number of rotatable bonds is 5. The predicted octanol–water partition coefficient (Wildman–Crippen LogP) is 3.15. The summed E-state index contributed by atoms with van der Waals surface area (Å²) in [5, 5.41) is 5.38. The van der Waals surface area contributed by atoms with Crippen LogP contribution >= 0.6 is 0 Å². The normalized spacial score (nSPS) is 13.5. The third-order valence-corrected chi connectivity index (χ3v) is 3.81. The topological polar surface area (TPSA) is 70.7 Å². The number of cyclic esters (lactones) is 1. The number of hydrogen-bond donors (Lipinski definition) is 2. The molecule has 0 aliphatic carbocycles. The first kappa shape index (κ1) is 16.8. The Bertz CT molecular complexity index is 782. The van der Waals surface area contributed by atoms with E-state index in [0.29, 0.717) is 43.1 Å². The van der Waals surface area contributed by atoms with E-state index < -0.39 is 12.1 Å². The molecule has 130 valence electrons. The van der Waals surface area contributed by atoms with E-state index >= 15 is 0 Å². The molecule has 6 nitrogen and oxygen atoms in total. The van der Waals surface area contributed by atoms with Crippen LogP contribution < -0.4 is 15.5 Å². The number of anilines is 2. The molecular formula is C18H18FN3O3. The van der Waals surface area contributed by atoms with E-state index in [0.717, 1.165) is 0 Å². The molecule has 3 rings (SSSR count). The van der Waals surface area contributed by atoms with Crippen molar-refractivity contribution in [1.82, 2.24) is 5.32 Å². The van der Waals surface area contributed by atoms with Crippen molar-refractivity contribution in [3.05, 3.63) is 59.9 Å². The van der Waals surface area contributed by atoms with Gasteiger partial charge in [-0.2, -0.15) is 0 Å². The summed E-state index contributed by atoms with van der Waals surface area (Å²) in [7, 11) is 0. The highest BCUT2D eigenvalue weighted by molar-refractivity contribution is 5.93. The van der Waals surface area contributed by atoms with Gasteiger partial charge in [-0.15, -0.1) is 0 Å². The van der Waals surface area contributed by atoms with Crippen LogP contribution in [0.1, 0.15) is 5.56 Å². The average molecular weight is 343 g/mol. The van der Waals surface area contributed by atoms with Gasteiger partial charge in [0.25, 0.3) is 0 Å². The smallest absolute Gasteiger partial charge is 0.414 e. The van der Waals surface area contributed by atoms with E-state index in [-0.39, 0.29) is 5.82 Å². The number of nitrogens with zero attached hydrogens (tertiary/aromatic N) is 1. The summed E-state index contributed by atoms with van der Waals surface area (Å²) in [6, 6.07) is 13.0. The van der Waals surface area contributed by atoms with Crippen LogP contribution in [0.15, 0.2) is 48.5 Å². The fraction of sp³-hybridized carbons (Fsp3) is 0.222. The predicted molar refractivity (Wildman–Crippen MR) is 92.3 cm³/mol. The molecule has 7 heteroatoms. The molecule has 2 aromatic rings. The highest BCUT2D eigenvalue weighted by atomic mass is 19.1. The van der Waals surface area contributed by atoms with Crippen LogP contribution in [-0.2, 0) is 11.2 Å². The minimum absolute atomic E-state index is 0.282. The summed E-state index contributed by atoms with van der Waals surface area (Å²) in [5.41, 5.74) is 1.77. The van der Waals surface area contributed by atoms with E-state index in [1.165, 1.54) is 11.0 Å². The van der Waals surface area contributed by atoms with Crippen LogP contribution in [0.5, 0.6) is 0 Å². The lowest BCUT2D eigenvalue weighted by atomic mass is 10.1. The Hall–Kier alpha value is -3.09. The van der Waals surface area contributed by atoms with E-state index in [9.17, 15) is 14.0 Å². The Morgan fingerprint density at radius 3 is 2.80 bits per heavy atom. The molecule has 0 saturated carbocycles. The number of urea groups is 1. The van der Waals surface area contributed by atoms with E-state index in [1.807, 2.05) is 0 Å². The van der Waals surface area contributed by atoms with Gasteiger partial charge in [0.2, 0.25) is 0 Å². The van der Waals surface area contributed by atoms with Crippen molar-refractivity contribution in [3.8, 4) is 0 Å². The van der Waals surface area contributed by atoms with E-state index in [2.05, 4.69) is 10.6 Å². The van der Waals surface area contributed by atoms with Gasteiger partial charge in [-0.05, 0) is 36.2 Å². The first-order valence-electron chi connectivity index (χ1n) is 7.96. The van der Waals surface area contributed by atoms with Crippen LogP contribution in [-0.4, -0.2) is 31.8 Å². The number of nitrogens with one attached hydrogen (secondary N) is 2. The number of amides is 3. The summed E-state index contributed by atoms with van der Waals surface area (Å²) >= 11 is 0. The summed E-state index contributed by atoms with van der Waals surface area (Å²) in [6.45, 7) is 1.15. The van der Waals surface area contributed by atoms with Crippen LogP contribution in [0.4, 0.5) is 25.4 Å². The number of carbonyl (C=O) groups excluding carboxylic acids is 2. The largest absolute Gasteiger partial charge is 0.447 e. The Balaban J connectivity index is 1.53. The summed E-state index contributed by atoms with van der Waals surface area (Å²) in [6.07, 6.45) is 0.00576. The molecule has 0 atom stereocenters. The monoisotopic (exact) mass is 343 g/mol. The Morgan fingerprint density at radius 2 is 2.04 bits per heavy atom. The molecule has 1 saturated heterocycles. The lowest BCUT2D eigenvalue weighted by Crippen LogP contribution is -2.30. The highest BCUT2D eigenvalue weighted by Gasteiger charge is 2.23. The first-order chi connectivity index (χ1) is 12.1. The maximum atomic E-state index is 13.5. The van der Waals surface area contributed by atoms with Crippen molar-refractivity contribution < 1.29 is 18.7 Å². The third-order valence-electron chi connectivity index (χ3n) is 3.81. The fourth-order valence-electron chi connectivity index (χ4n) is 2.57. The first-order valence-corrected chi connectivity index (χ1v) is 7.96. The molecule has 0 radical (unpaired) electrons. The molecule has 3 amide bonds. The molecule has 25 heavy (non-hydrogen) atoms. The molecule has 2 N–H and O–H groups in total. The van der Waals surface area contributed by atoms with Crippen molar-refractivity contribution >= 4 is 23.5 Å². The quantitative estimate of drug-likeness (QED) is 0.876. The maximum Gasteiger partial charge on any atom is 0.414 e. The number of ether oxygens (including phenoxy) is 1. The summed E-state index contributed by atoms with van der Waals surface area (Å²) in [5.74, 6) is -0.282. The van der Waals surface area contributed by atoms with Gasteiger partial charge in [-0.25, -0.2) is 14.0 Å². The molecule has 1 aliphatic heterocycles. The summed E-state index contributed by atoms with van der Waals surface area (Å²) in [4.78, 5) is 25.0. The van der Waals surface area contributed by atoms with Gasteiger partial charge in [-0.1, -0.05) is 24.3 Å². The minimum atomic E-state index is -0.397. The lowest BCUT2D eigenvalue weighted by molar-refractivity contribution is 0.181. The van der Waals surface area contributed by atoms with E-state index in [4.69, 9.17) is 4.74 Å². The van der Waals surface area contributed by atoms with Gasteiger partial charge in [-0.3, -0.25) is 4.90 Å². The highest BCUT2D eigenvalue weighted by Crippen LogP contribution is 2.22. The second kappa shape index (κ2) is 7.65. The van der Waals surface area contributed by atoms with Crippen molar-refractivity contribution in [2.24, 2.45) is 0 Å². The lowest BCUT2D eigenvalue weighted by Gasteiger charge is -2.14. The molecule has 0 spiro atoms. The molecule has 2 aromatic carbocycles. The number of hydrogen-bond acceptors (Lipinski definition) is 3. The van der Waals surface area contributed by atoms with Crippen LogP contribution in [0.2, 0.25) is 0 Å². The van der Waals surface area contributed by atoms with Crippen LogP contribution in [0.25, 0.3) is 0 Å². The Morgan fingerprint density at radius 1 is 1.20 bits per heavy atom. The zero-order valence-corrected chi connectivity index (χ0v) is 13.5. The maximum absolute atomic E-state index is 13.5. The average Bonchev–Trinajstić information content (AvgIpc) is 3.03. The molecule has 1 aliphatic rings. The van der Waals surface area contributed by atoms with Gasteiger partial charge in [0, 0.05) is 17.9 Å². The Kier molecular flexibility index (Phi) is 5.13. The SMILES string of the molecule is O=C(NCCc1ccccc1F)Nc1cccc(N2CCOC2=O)c1. The fourth-order valence-corrected chi connectivity index (χ4v) is 2.57. The molecule has 0 bridgehead atoms. The van der Waals surface area contributed by atoms with Crippen molar-refractivity contribution in [2.45, 2.75) is 6.42 Å². The third kappa shape index (κ3) is 4.26. The van der Waals surface area contributed by atoms with Gasteiger partial charge in [0.15, 0.2) is 0 Å². The second-order valence-electron chi connectivity index (χ2n) is 5.54. The van der Waals surface area contributed by atoms with Gasteiger partial charge < -0.3 is 15.4 Å². The summed E-state index contributed by atoms with van der Waals surface area (Å²) < 4.78 is 18.4. The molecule has 1 fully saturated rings. The van der Waals surface area contributed by atoms with Crippen molar-refractivity contribution in [2.75, 3.05) is 29.9 Å². The zero-order valence-electron chi connectivity index (χ0n) is 13.5. The zero-order chi connectivity index (χ0) is 17.6. The Labute approximate surface area is 144 Å². The number of carbonyl (C=O) groups is 2. The van der Waals surface area contributed by atoms with Gasteiger partial charge >= 0.3 is 12.1 Å². The molecular weight excluding hydrogens is 325 g/mol. The molecule has 1 heterocycles. The van der Waals surface area contributed by atoms with Gasteiger partial charge in [0.05, 0.1) is 6.54 Å². The second-order valence-corrected chi connectivity index (χ2v) is 5.54. The van der Waals surface area contributed by atoms with Gasteiger partial charge in [0.1, 0.15) is 12.4 Å². The van der Waals surface area contributed by atoms with E-state index in [1.54, 1.807) is 42.5 Å². The number of benzene rings is 2. The molecule has 0 aromatic heterocycles. The van der Waals surface area contributed by atoms with Crippen LogP contribution in [0.3, 0.4) is 0 Å². The standard InChI is InChI=1S/C18H18FN3O3/c19-16-7-2-1-4-13(16)8-9-20-17(23)21-14-5-3-6-15(12-14)22-10-11-25-18(22)24/h1-7,12H,8-11H2,(H2,20,21,23).